The van der Waals surface area contributed by atoms with Gasteiger partial charge >= 0.3 is 5.69 Å². The number of benzene rings is 1. The smallest absolute Gasteiger partial charge is 0.329 e. The zero-order valence-electron chi connectivity index (χ0n) is 36.7. The number of fused-ring (bicyclic) bond motifs is 4. The number of halogens is 2. The molecule has 4 aliphatic heterocycles. The third kappa shape index (κ3) is 8.00. The van der Waals surface area contributed by atoms with Gasteiger partial charge in [-0.05, 0) is 75.5 Å². The number of carbonyl (C=O) groups excluding carboxylic acids is 3. The molecular formula is C44H49F2N11O6. The summed E-state index contributed by atoms with van der Waals surface area (Å²) in [5, 5.41) is 13.5. The zero-order valence-corrected chi connectivity index (χ0v) is 34.7. The summed E-state index contributed by atoms with van der Waals surface area (Å²) in [6, 6.07) is 6.21. The molecule has 330 valence electrons. The molecule has 5 fully saturated rings. The van der Waals surface area contributed by atoms with Crippen LogP contribution in [0.1, 0.15) is 101 Å². The molecule has 2 bridgehead atoms. The summed E-state index contributed by atoms with van der Waals surface area (Å²) >= 11 is 0. The lowest BCUT2D eigenvalue weighted by Crippen LogP contribution is -2.44. The van der Waals surface area contributed by atoms with Gasteiger partial charge in [-0.15, -0.1) is 0 Å². The lowest BCUT2D eigenvalue weighted by atomic mass is 9.85. The van der Waals surface area contributed by atoms with Gasteiger partial charge in [-0.2, -0.15) is 10.2 Å². The number of rotatable bonds is 10. The number of carbonyl (C=O) groups is 3. The molecule has 63 heavy (non-hydrogen) atoms. The summed E-state index contributed by atoms with van der Waals surface area (Å²) in [7, 11) is 1.57. The number of hydrogen-bond acceptors (Lipinski definition) is 11. The summed E-state index contributed by atoms with van der Waals surface area (Å²) < 4.78 is 63.2. The number of nitrogens with one attached hydrogen (secondary N) is 2. The normalized spacial score (nSPS) is 25.1. The molecule has 2 N–H and O–H groups in total. The maximum atomic E-state index is 14.3. The van der Waals surface area contributed by atoms with Crippen molar-refractivity contribution < 1.29 is 35.4 Å². The van der Waals surface area contributed by atoms with E-state index < -0.39 is 42.2 Å². The van der Waals surface area contributed by atoms with Crippen LogP contribution in [0.25, 0.3) is 16.7 Å². The van der Waals surface area contributed by atoms with Crippen LogP contribution in [0, 0.1) is 17.8 Å². The lowest BCUT2D eigenvalue weighted by molar-refractivity contribution is -0.135. The SMILES string of the molecule is [2H]C([2H])(C#Cc1cccc2c1n(C)c(=O)n2C1CCC(=O)NC1=O)OC1CCN(CC2CCC(n3cc(NC(=O)c4cnn5ccc(N6C[C@H]7C[C@@H]6CO7)nc45)c(C(F)F)n3)CC2)CC1. The third-order valence-corrected chi connectivity index (χ3v) is 13.3. The molecule has 1 unspecified atom stereocenters. The Morgan fingerprint density at radius 2 is 1.92 bits per heavy atom. The highest BCUT2D eigenvalue weighted by Gasteiger charge is 2.40. The van der Waals surface area contributed by atoms with Gasteiger partial charge in [0, 0.05) is 52.0 Å². The molecule has 3 atom stereocenters. The van der Waals surface area contributed by atoms with Crippen LogP contribution in [0.2, 0.25) is 0 Å². The van der Waals surface area contributed by atoms with Crippen molar-refractivity contribution in [2.24, 2.45) is 13.0 Å². The summed E-state index contributed by atoms with van der Waals surface area (Å²) in [5.41, 5.74) is 0.876. The topological polar surface area (TPSA) is 175 Å². The van der Waals surface area contributed by atoms with Crippen LogP contribution in [0.15, 0.2) is 47.7 Å². The molecule has 1 saturated carbocycles. The molecule has 1 aliphatic carbocycles. The third-order valence-electron chi connectivity index (χ3n) is 13.3. The summed E-state index contributed by atoms with van der Waals surface area (Å²) in [4.78, 5) is 60.5. The lowest BCUT2D eigenvalue weighted by Gasteiger charge is -2.36. The standard InChI is InChI=1S/C44H49F2N11O6/c1-52-39-27(4-2-6-34(39)57(44(52)61)35-11-12-37(58)50-43(35)60)5-3-19-62-30-13-16-53(17-14-30)22-26-7-9-28(10-8-26)56-24-33(38(51-56)40(45)46)48-42(59)32-21-47-55-18-15-36(49-41(32)55)54-23-31-20-29(54)25-63-31/h2,4,6,15,18,21,24,26,28-31,35,40H,7-14,16-17,19-20,22-23,25H2,1H3,(H,48,59)(H,50,58,60)/t26?,28?,29-,31-,35?/m1/s1/i19D2. The highest BCUT2D eigenvalue weighted by molar-refractivity contribution is 6.08. The van der Waals surface area contributed by atoms with Gasteiger partial charge in [0.1, 0.15) is 24.0 Å². The molecule has 17 nitrogen and oxygen atoms in total. The van der Waals surface area contributed by atoms with Gasteiger partial charge in [0.05, 0.1) is 62.1 Å². The van der Waals surface area contributed by atoms with Gasteiger partial charge in [-0.3, -0.25) is 33.5 Å². The maximum Gasteiger partial charge on any atom is 0.329 e. The van der Waals surface area contributed by atoms with E-state index in [-0.39, 0.29) is 54.3 Å². The number of para-hydroxylation sites is 1. The Bertz CT molecular complexity index is 2800. The monoisotopic (exact) mass is 867 g/mol. The number of imide groups is 1. The molecule has 4 aromatic heterocycles. The minimum Gasteiger partial charge on any atom is -0.374 e. The molecule has 1 aromatic carbocycles. The van der Waals surface area contributed by atoms with E-state index in [0.29, 0.717) is 53.4 Å². The van der Waals surface area contributed by atoms with Crippen molar-refractivity contribution in [3.8, 4) is 11.8 Å². The van der Waals surface area contributed by atoms with Crippen molar-refractivity contribution in [3.05, 3.63) is 70.2 Å². The van der Waals surface area contributed by atoms with Crippen LogP contribution in [0.5, 0.6) is 0 Å². The highest BCUT2D eigenvalue weighted by Crippen LogP contribution is 2.36. The van der Waals surface area contributed by atoms with Crippen molar-refractivity contribution >= 4 is 45.9 Å². The Morgan fingerprint density at radius 3 is 2.67 bits per heavy atom. The van der Waals surface area contributed by atoms with Crippen LogP contribution in [-0.4, -0.2) is 114 Å². The average Bonchev–Trinajstić information content (AvgIpc) is 4.14. The predicted molar refractivity (Wildman–Crippen MR) is 226 cm³/mol. The fourth-order valence-electron chi connectivity index (χ4n) is 10.0. The first kappa shape index (κ1) is 38.7. The first-order chi connectivity index (χ1) is 31.3. The Balaban J connectivity index is 0.719. The number of aromatic nitrogens is 7. The number of aryl methyl sites for hydroxylation is 1. The largest absolute Gasteiger partial charge is 0.374 e. The molecular weight excluding hydrogens is 817 g/mol. The second-order valence-corrected chi connectivity index (χ2v) is 17.3. The van der Waals surface area contributed by atoms with Gasteiger partial charge < -0.3 is 24.6 Å². The predicted octanol–water partition coefficient (Wildman–Crippen LogP) is 3.99. The quantitative estimate of drug-likeness (QED) is 0.154. The van der Waals surface area contributed by atoms with Gasteiger partial charge in [-0.1, -0.05) is 17.9 Å². The summed E-state index contributed by atoms with van der Waals surface area (Å²) in [5.74, 6) is 5.10. The molecule has 3 amide bonds. The number of nitrogens with zero attached hydrogens (tertiary/aromatic N) is 9. The minimum absolute atomic E-state index is 0.0388. The Labute approximate surface area is 363 Å². The van der Waals surface area contributed by atoms with E-state index in [1.165, 1.54) is 26.0 Å². The van der Waals surface area contributed by atoms with Gasteiger partial charge in [-0.25, -0.2) is 23.1 Å². The van der Waals surface area contributed by atoms with Crippen molar-refractivity contribution in [2.75, 3.05) is 49.6 Å². The number of alkyl halides is 2. The van der Waals surface area contributed by atoms with E-state index in [0.717, 1.165) is 58.3 Å². The van der Waals surface area contributed by atoms with E-state index >= 15 is 0 Å². The number of morpholine rings is 1. The average molecular weight is 868 g/mol. The minimum atomic E-state index is -2.89. The number of imidazole rings is 1. The number of ether oxygens (including phenoxy) is 2. The molecule has 10 rings (SSSR count). The Morgan fingerprint density at radius 1 is 1.10 bits per heavy atom. The van der Waals surface area contributed by atoms with Crippen LogP contribution in [0.4, 0.5) is 20.3 Å². The van der Waals surface area contributed by atoms with E-state index in [1.807, 2.05) is 6.07 Å². The van der Waals surface area contributed by atoms with E-state index in [9.17, 15) is 28.0 Å². The number of amides is 3. The zero-order chi connectivity index (χ0) is 45.1. The molecule has 4 saturated heterocycles. The van der Waals surface area contributed by atoms with E-state index in [1.54, 1.807) is 36.1 Å². The fourth-order valence-corrected chi connectivity index (χ4v) is 10.0. The second-order valence-electron chi connectivity index (χ2n) is 17.3. The first-order valence-electron chi connectivity index (χ1n) is 22.7. The molecule has 5 aliphatic rings. The molecule has 19 heteroatoms. The van der Waals surface area contributed by atoms with Crippen molar-refractivity contribution in [2.45, 2.75) is 94.5 Å². The van der Waals surface area contributed by atoms with Crippen LogP contribution in [0.3, 0.4) is 0 Å². The summed E-state index contributed by atoms with van der Waals surface area (Å²) in [6.07, 6.45) is 7.29. The highest BCUT2D eigenvalue weighted by atomic mass is 19.3. The van der Waals surface area contributed by atoms with Crippen molar-refractivity contribution in [1.82, 2.24) is 43.7 Å². The molecule has 0 radical (unpaired) electrons. The molecule has 0 spiro atoms. The van der Waals surface area contributed by atoms with Crippen LogP contribution < -0.4 is 21.2 Å². The van der Waals surface area contributed by atoms with Gasteiger partial charge in [0.25, 0.3) is 12.3 Å². The van der Waals surface area contributed by atoms with Crippen molar-refractivity contribution in [1.29, 1.82) is 0 Å². The summed E-state index contributed by atoms with van der Waals surface area (Å²) in [6.45, 7) is 1.39. The van der Waals surface area contributed by atoms with Gasteiger partial charge in [0.2, 0.25) is 11.8 Å². The van der Waals surface area contributed by atoms with Crippen LogP contribution >= 0.6 is 0 Å². The number of hydrogen-bond donors (Lipinski definition) is 2. The Hall–Kier alpha value is -5.97. The van der Waals surface area contributed by atoms with E-state index in [2.05, 4.69) is 42.5 Å². The molecule has 5 aromatic rings. The van der Waals surface area contributed by atoms with E-state index in [4.69, 9.17) is 17.2 Å². The maximum absolute atomic E-state index is 14.3. The van der Waals surface area contributed by atoms with Gasteiger partial charge in [0.15, 0.2) is 11.3 Å². The number of piperidine rings is 2. The first-order valence-corrected chi connectivity index (χ1v) is 21.7. The van der Waals surface area contributed by atoms with Crippen molar-refractivity contribution in [3.63, 3.8) is 0 Å². The number of anilines is 2. The Kier molecular flexibility index (Phi) is 10.4. The second kappa shape index (κ2) is 17.0. The van der Waals surface area contributed by atoms with Crippen LogP contribution in [-0.2, 0) is 26.1 Å². The fraction of sp³-hybridized carbons (Fsp3) is 0.523. The molecule has 8 heterocycles. The number of likely N-dealkylation sites (tertiary alicyclic amines) is 1.